The number of likely N-dealkylation sites (tertiary alicyclic amines) is 1. The number of nitrogens with one attached hydrogen (secondary N) is 2. The molecule has 1 saturated heterocycles. The number of urea groups is 1. The Labute approximate surface area is 159 Å². The third-order valence-corrected chi connectivity index (χ3v) is 5.57. The Morgan fingerprint density at radius 3 is 2.63 bits per heavy atom. The highest BCUT2D eigenvalue weighted by atomic mass is 16.5. The molecule has 0 unspecified atom stereocenters. The Balaban J connectivity index is 1.54. The van der Waals surface area contributed by atoms with Gasteiger partial charge >= 0.3 is 12.0 Å². The van der Waals surface area contributed by atoms with Gasteiger partial charge in [0, 0.05) is 12.6 Å². The van der Waals surface area contributed by atoms with Gasteiger partial charge in [0.1, 0.15) is 6.04 Å². The van der Waals surface area contributed by atoms with Crippen LogP contribution in [0.3, 0.4) is 0 Å². The van der Waals surface area contributed by atoms with Crippen molar-refractivity contribution < 1.29 is 19.1 Å². The Morgan fingerprint density at radius 1 is 1.15 bits per heavy atom. The SMILES string of the molecule is COC(=O)[C@@H]1C[C@@H]2CCCC[C@H]2N1CC(=O)NC(=O)NCc1ccccc1. The molecule has 1 aromatic rings. The molecule has 7 heteroatoms. The minimum absolute atomic E-state index is 0.0275. The van der Waals surface area contributed by atoms with E-state index in [0.717, 1.165) is 37.7 Å². The number of ether oxygens (including phenoxy) is 1. The summed E-state index contributed by atoms with van der Waals surface area (Å²) in [6.45, 7) is 0.374. The molecule has 7 nitrogen and oxygen atoms in total. The molecule has 0 bridgehead atoms. The van der Waals surface area contributed by atoms with Gasteiger partial charge in [0.15, 0.2) is 0 Å². The minimum atomic E-state index is -0.530. The first-order chi connectivity index (χ1) is 13.1. The van der Waals surface area contributed by atoms with E-state index in [1.165, 1.54) is 7.11 Å². The molecule has 1 aliphatic carbocycles. The van der Waals surface area contributed by atoms with Crippen LogP contribution < -0.4 is 10.6 Å². The first-order valence-corrected chi connectivity index (χ1v) is 9.53. The van der Waals surface area contributed by atoms with Crippen molar-refractivity contribution in [2.75, 3.05) is 13.7 Å². The van der Waals surface area contributed by atoms with Crippen molar-refractivity contribution in [2.24, 2.45) is 5.92 Å². The molecule has 1 aromatic carbocycles. The third-order valence-electron chi connectivity index (χ3n) is 5.57. The van der Waals surface area contributed by atoms with Gasteiger partial charge in [0.05, 0.1) is 13.7 Å². The van der Waals surface area contributed by atoms with Crippen LogP contribution in [0.25, 0.3) is 0 Å². The highest BCUT2D eigenvalue weighted by Crippen LogP contribution is 2.39. The topological polar surface area (TPSA) is 87.7 Å². The summed E-state index contributed by atoms with van der Waals surface area (Å²) >= 11 is 0. The van der Waals surface area contributed by atoms with Gasteiger partial charge in [0.25, 0.3) is 0 Å². The Hall–Kier alpha value is -2.41. The Bertz CT molecular complexity index is 679. The number of nitrogens with zero attached hydrogens (tertiary/aromatic N) is 1. The van der Waals surface area contributed by atoms with Crippen LogP contribution >= 0.6 is 0 Å². The second-order valence-electron chi connectivity index (χ2n) is 7.28. The summed E-state index contributed by atoms with van der Waals surface area (Å²) in [5.41, 5.74) is 0.954. The van der Waals surface area contributed by atoms with Crippen LogP contribution in [0.1, 0.15) is 37.7 Å². The summed E-state index contributed by atoms with van der Waals surface area (Å²) in [6, 6.07) is 8.76. The van der Waals surface area contributed by atoms with Gasteiger partial charge in [0.2, 0.25) is 5.91 Å². The van der Waals surface area contributed by atoms with Crippen molar-refractivity contribution in [1.82, 2.24) is 15.5 Å². The molecule has 0 radical (unpaired) electrons. The highest BCUT2D eigenvalue weighted by molar-refractivity contribution is 5.95. The number of hydrogen-bond acceptors (Lipinski definition) is 5. The molecule has 27 heavy (non-hydrogen) atoms. The molecule has 1 aliphatic heterocycles. The molecule has 3 rings (SSSR count). The van der Waals surface area contributed by atoms with Crippen LogP contribution in [0, 0.1) is 5.92 Å². The predicted octanol–water partition coefficient (Wildman–Crippen LogP) is 1.82. The van der Waals surface area contributed by atoms with E-state index in [0.29, 0.717) is 12.5 Å². The fourth-order valence-electron chi connectivity index (χ4n) is 4.30. The summed E-state index contributed by atoms with van der Waals surface area (Å²) < 4.78 is 4.93. The van der Waals surface area contributed by atoms with Crippen LogP contribution in [0.5, 0.6) is 0 Å². The van der Waals surface area contributed by atoms with Crippen molar-refractivity contribution in [3.05, 3.63) is 35.9 Å². The average Bonchev–Trinajstić information content (AvgIpc) is 3.05. The van der Waals surface area contributed by atoms with E-state index >= 15 is 0 Å². The molecule has 3 atom stereocenters. The van der Waals surface area contributed by atoms with Crippen molar-refractivity contribution in [2.45, 2.75) is 50.7 Å². The molecule has 2 aliphatic rings. The lowest BCUT2D eigenvalue weighted by molar-refractivity contribution is -0.146. The molecule has 0 aromatic heterocycles. The third kappa shape index (κ3) is 4.86. The second kappa shape index (κ2) is 8.99. The molecule has 1 saturated carbocycles. The van der Waals surface area contributed by atoms with E-state index in [1.807, 2.05) is 35.2 Å². The first kappa shape index (κ1) is 19.4. The molecule has 0 spiro atoms. The quantitative estimate of drug-likeness (QED) is 0.769. The van der Waals surface area contributed by atoms with Crippen molar-refractivity contribution in [3.8, 4) is 0 Å². The summed E-state index contributed by atoms with van der Waals surface area (Å²) in [5, 5.41) is 5.04. The monoisotopic (exact) mass is 373 g/mol. The maximum Gasteiger partial charge on any atom is 0.323 e. The van der Waals surface area contributed by atoms with Crippen molar-refractivity contribution in [1.29, 1.82) is 0 Å². The summed E-state index contributed by atoms with van der Waals surface area (Å²) in [4.78, 5) is 38.5. The number of fused-ring (bicyclic) bond motifs is 1. The second-order valence-corrected chi connectivity index (χ2v) is 7.28. The maximum absolute atomic E-state index is 12.4. The lowest BCUT2D eigenvalue weighted by Crippen LogP contribution is -2.50. The predicted molar refractivity (Wildman–Crippen MR) is 99.7 cm³/mol. The number of esters is 1. The number of rotatable bonds is 5. The fraction of sp³-hybridized carbons (Fsp3) is 0.550. The van der Waals surface area contributed by atoms with Gasteiger partial charge in [-0.15, -0.1) is 0 Å². The Kier molecular flexibility index (Phi) is 6.45. The van der Waals surface area contributed by atoms with E-state index in [1.54, 1.807) is 0 Å². The zero-order chi connectivity index (χ0) is 19.2. The minimum Gasteiger partial charge on any atom is -0.468 e. The number of carbonyl (C=O) groups excluding carboxylic acids is 3. The number of benzene rings is 1. The zero-order valence-corrected chi connectivity index (χ0v) is 15.6. The van der Waals surface area contributed by atoms with Crippen LogP contribution in [0.2, 0.25) is 0 Å². The van der Waals surface area contributed by atoms with Crippen molar-refractivity contribution in [3.63, 3.8) is 0 Å². The zero-order valence-electron chi connectivity index (χ0n) is 15.6. The van der Waals surface area contributed by atoms with Gasteiger partial charge in [-0.05, 0) is 30.7 Å². The van der Waals surface area contributed by atoms with Crippen molar-refractivity contribution >= 4 is 17.9 Å². The van der Waals surface area contributed by atoms with Crippen LogP contribution in [0.15, 0.2) is 30.3 Å². The summed E-state index contributed by atoms with van der Waals surface area (Å²) in [5.74, 6) is -0.283. The normalized spacial score (nSPS) is 24.7. The van der Waals surface area contributed by atoms with Gasteiger partial charge in [-0.3, -0.25) is 19.8 Å². The number of imide groups is 1. The number of methoxy groups -OCH3 is 1. The van der Waals surface area contributed by atoms with Crippen LogP contribution in [0.4, 0.5) is 4.79 Å². The lowest BCUT2D eigenvalue weighted by atomic mass is 9.85. The number of carbonyl (C=O) groups is 3. The van der Waals surface area contributed by atoms with E-state index in [-0.39, 0.29) is 18.6 Å². The van der Waals surface area contributed by atoms with Gasteiger partial charge in [-0.1, -0.05) is 43.2 Å². The summed E-state index contributed by atoms with van der Waals surface area (Å²) in [7, 11) is 1.37. The molecule has 1 heterocycles. The molecular formula is C20H27N3O4. The van der Waals surface area contributed by atoms with E-state index < -0.39 is 18.0 Å². The molecular weight excluding hydrogens is 346 g/mol. The average molecular weight is 373 g/mol. The Morgan fingerprint density at radius 2 is 1.89 bits per heavy atom. The highest BCUT2D eigenvalue weighted by Gasteiger charge is 2.46. The van der Waals surface area contributed by atoms with E-state index in [2.05, 4.69) is 10.6 Å². The number of hydrogen-bond donors (Lipinski definition) is 2. The van der Waals surface area contributed by atoms with Gasteiger partial charge in [-0.2, -0.15) is 0 Å². The molecule has 3 amide bonds. The van der Waals surface area contributed by atoms with Gasteiger partial charge in [-0.25, -0.2) is 4.79 Å². The van der Waals surface area contributed by atoms with E-state index in [4.69, 9.17) is 4.74 Å². The molecule has 2 fully saturated rings. The summed E-state index contributed by atoms with van der Waals surface area (Å²) in [6.07, 6.45) is 5.05. The smallest absolute Gasteiger partial charge is 0.323 e. The number of amides is 3. The first-order valence-electron chi connectivity index (χ1n) is 9.53. The molecule has 146 valence electrons. The van der Waals surface area contributed by atoms with Crippen LogP contribution in [-0.2, 0) is 20.9 Å². The van der Waals surface area contributed by atoms with E-state index in [9.17, 15) is 14.4 Å². The standard InChI is InChI=1S/C20H27N3O4/c1-27-19(25)17-11-15-9-5-6-10-16(15)23(17)13-18(24)22-20(26)21-12-14-7-3-2-4-8-14/h2-4,7-8,15-17H,5-6,9-13H2,1H3,(H2,21,22,24,26)/t15-,16+,17-/m0/s1. The molecule has 2 N–H and O–H groups in total. The fourth-order valence-corrected chi connectivity index (χ4v) is 4.30. The lowest BCUT2D eigenvalue weighted by Gasteiger charge is -2.32. The van der Waals surface area contributed by atoms with Gasteiger partial charge < -0.3 is 10.1 Å². The van der Waals surface area contributed by atoms with Crippen LogP contribution in [-0.4, -0.2) is 48.5 Å². The maximum atomic E-state index is 12.4. The largest absolute Gasteiger partial charge is 0.468 e.